The van der Waals surface area contributed by atoms with Crippen molar-refractivity contribution >= 4 is 5.91 Å². The summed E-state index contributed by atoms with van der Waals surface area (Å²) < 4.78 is 22.7. The van der Waals surface area contributed by atoms with Gasteiger partial charge in [-0.25, -0.2) is 0 Å². The number of carbonyl (C=O) groups excluding carboxylic acids is 1. The highest BCUT2D eigenvalue weighted by atomic mass is 16.7. The zero-order valence-electron chi connectivity index (χ0n) is 51.7. The first-order valence-electron chi connectivity index (χ1n) is 33.5. The van der Waals surface area contributed by atoms with Crippen LogP contribution in [0.15, 0.2) is 60.8 Å². The molecule has 0 aromatic rings. The van der Waals surface area contributed by atoms with Crippen molar-refractivity contribution in [3.05, 3.63) is 60.8 Å². The van der Waals surface area contributed by atoms with E-state index in [9.17, 15) is 45.6 Å². The summed E-state index contributed by atoms with van der Waals surface area (Å²) in [6.07, 6.45) is 53.1. The molecule has 14 nitrogen and oxygen atoms in total. The van der Waals surface area contributed by atoms with Gasteiger partial charge in [0.2, 0.25) is 5.91 Å². The van der Waals surface area contributed by atoms with Gasteiger partial charge in [0.25, 0.3) is 0 Å². The Hall–Kier alpha value is -2.31. The zero-order valence-corrected chi connectivity index (χ0v) is 51.7. The third-order valence-electron chi connectivity index (χ3n) is 16.2. The first-order valence-corrected chi connectivity index (χ1v) is 33.5. The van der Waals surface area contributed by atoms with Crippen LogP contribution in [0.3, 0.4) is 0 Å². The maximum atomic E-state index is 13.2. The van der Waals surface area contributed by atoms with Gasteiger partial charge in [0.15, 0.2) is 12.6 Å². The summed E-state index contributed by atoms with van der Waals surface area (Å²) >= 11 is 0. The minimum atomic E-state index is -1.79. The van der Waals surface area contributed by atoms with E-state index in [4.69, 9.17) is 18.9 Å². The zero-order chi connectivity index (χ0) is 59.5. The van der Waals surface area contributed by atoms with E-state index in [1.165, 1.54) is 193 Å². The minimum absolute atomic E-state index is 0.248. The molecular formula is C68H123NO13. The standard InChI is InChI=1S/C68H123NO13/c1-3-5-7-9-11-13-15-16-17-18-19-20-21-22-23-24-25-26-27-28-29-30-31-32-33-34-35-36-37-38-39-40-42-44-46-48-50-52-60(73)69-56(57(72)51-49-47-45-43-41-14-12-10-8-6-4-2)55-79-67-65(78)63(76)66(59(54-71)81-67)82-68-64(77)62(75)61(74)58(53-70)80-68/h15-16,18-19,21-22,41,43,49,51,56-59,61-68,70-72,74-78H,3-14,17,20,23-40,42,44-48,50,52-55H2,1-2H3,(H,69,73)/b16-15-,19-18-,22-21-,43-41+,51-49+. The maximum Gasteiger partial charge on any atom is 0.220 e. The summed E-state index contributed by atoms with van der Waals surface area (Å²) in [5.41, 5.74) is 0. The Kier molecular flexibility index (Phi) is 49.0. The van der Waals surface area contributed by atoms with E-state index in [2.05, 4.69) is 67.8 Å². The number of allylic oxidation sites excluding steroid dienone is 9. The van der Waals surface area contributed by atoms with E-state index in [1.54, 1.807) is 6.08 Å². The van der Waals surface area contributed by atoms with Crippen molar-refractivity contribution in [2.45, 2.75) is 344 Å². The number of rotatable bonds is 54. The molecule has 82 heavy (non-hydrogen) atoms. The quantitative estimate of drug-likeness (QED) is 0.0204. The molecule has 2 heterocycles. The Morgan fingerprint density at radius 2 is 0.817 bits per heavy atom. The van der Waals surface area contributed by atoms with E-state index < -0.39 is 86.8 Å². The molecule has 0 radical (unpaired) electrons. The van der Waals surface area contributed by atoms with Crippen molar-refractivity contribution in [1.82, 2.24) is 5.32 Å². The molecule has 0 aromatic heterocycles. The molecular weight excluding hydrogens is 1040 g/mol. The molecule has 1 amide bonds. The highest BCUT2D eigenvalue weighted by molar-refractivity contribution is 5.76. The molecule has 0 bridgehead atoms. The fourth-order valence-corrected chi connectivity index (χ4v) is 10.8. The summed E-state index contributed by atoms with van der Waals surface area (Å²) in [6, 6.07) is -0.930. The van der Waals surface area contributed by atoms with Crippen molar-refractivity contribution in [3.63, 3.8) is 0 Å². The van der Waals surface area contributed by atoms with Crippen LogP contribution in [-0.2, 0) is 23.7 Å². The van der Waals surface area contributed by atoms with Crippen LogP contribution >= 0.6 is 0 Å². The van der Waals surface area contributed by atoms with E-state index in [0.29, 0.717) is 12.8 Å². The third kappa shape index (κ3) is 37.3. The fraction of sp³-hybridized carbons (Fsp3) is 0.838. The predicted molar refractivity (Wildman–Crippen MR) is 332 cm³/mol. The van der Waals surface area contributed by atoms with Gasteiger partial charge in [-0.2, -0.15) is 0 Å². The molecule has 9 N–H and O–H groups in total. The van der Waals surface area contributed by atoms with Crippen LogP contribution < -0.4 is 5.32 Å². The van der Waals surface area contributed by atoms with Crippen molar-refractivity contribution < 1.29 is 64.6 Å². The average Bonchev–Trinajstić information content (AvgIpc) is 3.22. The van der Waals surface area contributed by atoms with Crippen LogP contribution in [0.2, 0.25) is 0 Å². The third-order valence-corrected chi connectivity index (χ3v) is 16.2. The molecule has 12 atom stereocenters. The van der Waals surface area contributed by atoms with Gasteiger partial charge in [-0.05, 0) is 70.6 Å². The summed E-state index contributed by atoms with van der Waals surface area (Å²) in [7, 11) is 0. The summed E-state index contributed by atoms with van der Waals surface area (Å²) in [5.74, 6) is -0.248. The number of amides is 1. The van der Waals surface area contributed by atoms with Gasteiger partial charge in [-0.1, -0.05) is 254 Å². The highest BCUT2D eigenvalue weighted by Gasteiger charge is 2.51. The first kappa shape index (κ1) is 75.8. The van der Waals surface area contributed by atoms with Gasteiger partial charge >= 0.3 is 0 Å². The van der Waals surface area contributed by atoms with Crippen LogP contribution in [0.1, 0.15) is 271 Å². The molecule has 478 valence electrons. The molecule has 12 unspecified atom stereocenters. The Bertz CT molecular complexity index is 1610. The monoisotopic (exact) mass is 1160 g/mol. The first-order chi connectivity index (χ1) is 40.1. The molecule has 2 rings (SSSR count). The minimum Gasteiger partial charge on any atom is -0.394 e. The SMILES string of the molecule is CCCCCCC/C=C\C/C=C\C/C=C\CCCCCCCCCCCCCCCCCCCCCCCCC(=O)NC(COC1OC(CO)C(OC2OC(CO)C(O)C(O)C2O)C(O)C1O)C(O)/C=C/CC/C=C/CCCCCCC. The maximum absolute atomic E-state index is 13.2. The number of unbranched alkanes of at least 4 members (excludes halogenated alkanes) is 33. The number of ether oxygens (including phenoxy) is 4. The second-order valence-electron chi connectivity index (χ2n) is 23.6. The average molecular weight is 1160 g/mol. The van der Waals surface area contributed by atoms with E-state index in [1.807, 2.05) is 6.08 Å². The topological polar surface area (TPSA) is 228 Å². The normalized spacial score (nSPS) is 24.3. The lowest BCUT2D eigenvalue weighted by molar-refractivity contribution is -0.359. The number of aliphatic hydroxyl groups is 8. The highest BCUT2D eigenvalue weighted by Crippen LogP contribution is 2.30. The van der Waals surface area contributed by atoms with Gasteiger partial charge < -0.3 is 65.1 Å². The predicted octanol–water partition coefficient (Wildman–Crippen LogP) is 12.9. The number of hydrogen-bond donors (Lipinski definition) is 9. The molecule has 0 saturated carbocycles. The summed E-state index contributed by atoms with van der Waals surface area (Å²) in [5, 5.41) is 87.0. The molecule has 0 aromatic carbocycles. The van der Waals surface area contributed by atoms with Crippen molar-refractivity contribution in [2.75, 3.05) is 19.8 Å². The van der Waals surface area contributed by atoms with Crippen LogP contribution in [0.25, 0.3) is 0 Å². The van der Waals surface area contributed by atoms with E-state index in [-0.39, 0.29) is 18.9 Å². The van der Waals surface area contributed by atoms with Crippen molar-refractivity contribution in [3.8, 4) is 0 Å². The Labute approximate surface area is 498 Å². The van der Waals surface area contributed by atoms with Gasteiger partial charge in [-0.3, -0.25) is 4.79 Å². The molecule has 14 heteroatoms. The van der Waals surface area contributed by atoms with Crippen LogP contribution in [0.4, 0.5) is 0 Å². The second kappa shape index (κ2) is 53.0. The second-order valence-corrected chi connectivity index (χ2v) is 23.6. The molecule has 2 aliphatic rings. The Morgan fingerprint density at radius 1 is 0.439 bits per heavy atom. The van der Waals surface area contributed by atoms with Gasteiger partial charge in [0.05, 0.1) is 32.0 Å². The lowest BCUT2D eigenvalue weighted by Gasteiger charge is -2.46. The molecule has 2 fully saturated rings. The fourth-order valence-electron chi connectivity index (χ4n) is 10.8. The lowest BCUT2D eigenvalue weighted by atomic mass is 9.97. The van der Waals surface area contributed by atoms with Gasteiger partial charge in [0, 0.05) is 6.42 Å². The van der Waals surface area contributed by atoms with Crippen LogP contribution in [0, 0.1) is 0 Å². The van der Waals surface area contributed by atoms with Crippen molar-refractivity contribution in [1.29, 1.82) is 0 Å². The Morgan fingerprint density at radius 3 is 1.28 bits per heavy atom. The largest absolute Gasteiger partial charge is 0.394 e. The number of hydrogen-bond acceptors (Lipinski definition) is 13. The number of nitrogens with one attached hydrogen (secondary N) is 1. The summed E-state index contributed by atoms with van der Waals surface area (Å²) in [6.45, 7) is 2.74. The smallest absolute Gasteiger partial charge is 0.220 e. The molecule has 0 aliphatic carbocycles. The van der Waals surface area contributed by atoms with Gasteiger partial charge in [-0.15, -0.1) is 0 Å². The van der Waals surface area contributed by atoms with Crippen molar-refractivity contribution in [2.24, 2.45) is 0 Å². The number of carbonyl (C=O) groups is 1. The van der Waals surface area contributed by atoms with E-state index >= 15 is 0 Å². The molecule has 2 aliphatic heterocycles. The number of aliphatic hydroxyl groups excluding tert-OH is 8. The van der Waals surface area contributed by atoms with Crippen LogP contribution in [0.5, 0.6) is 0 Å². The molecule has 2 saturated heterocycles. The van der Waals surface area contributed by atoms with Crippen LogP contribution in [-0.4, -0.2) is 140 Å². The Balaban J connectivity index is 1.56. The molecule has 0 spiro atoms. The van der Waals surface area contributed by atoms with E-state index in [0.717, 1.165) is 44.9 Å². The lowest BCUT2D eigenvalue weighted by Crippen LogP contribution is -2.65. The summed E-state index contributed by atoms with van der Waals surface area (Å²) in [4.78, 5) is 13.2. The van der Waals surface area contributed by atoms with Gasteiger partial charge in [0.1, 0.15) is 48.8 Å².